The maximum Gasteiger partial charge on any atom is 0.123 e. The Balaban J connectivity index is 1.55. The molecular weight excluding hydrogens is 342 g/mol. The monoisotopic (exact) mass is 367 g/mol. The van der Waals surface area contributed by atoms with Crippen molar-refractivity contribution in [1.29, 1.82) is 0 Å². The van der Waals surface area contributed by atoms with Crippen LogP contribution in [-0.2, 0) is 13.6 Å². The van der Waals surface area contributed by atoms with Crippen molar-refractivity contribution in [2.24, 2.45) is 7.05 Å². The number of nitrogens with zero attached hydrogens (tertiary/aromatic N) is 2. The summed E-state index contributed by atoms with van der Waals surface area (Å²) in [7, 11) is 3.63. The van der Waals surface area contributed by atoms with Crippen LogP contribution in [0.3, 0.4) is 0 Å². The molecule has 0 spiro atoms. The summed E-state index contributed by atoms with van der Waals surface area (Å²) in [4.78, 5) is 4.68. The van der Waals surface area contributed by atoms with Gasteiger partial charge in [-0.15, -0.1) is 0 Å². The Morgan fingerprint density at radius 3 is 2.59 bits per heavy atom. The van der Waals surface area contributed by atoms with Crippen LogP contribution in [0.25, 0.3) is 11.0 Å². The molecule has 0 saturated heterocycles. The van der Waals surface area contributed by atoms with Gasteiger partial charge >= 0.3 is 0 Å². The average molecular weight is 367 g/mol. The molecule has 27 heavy (non-hydrogen) atoms. The van der Waals surface area contributed by atoms with Crippen LogP contribution in [0.15, 0.2) is 48.5 Å². The zero-order valence-corrected chi connectivity index (χ0v) is 15.5. The number of aromatic nitrogens is 2. The highest BCUT2D eigenvalue weighted by Gasteiger charge is 2.42. The molecule has 1 fully saturated rings. The predicted molar refractivity (Wildman–Crippen MR) is 104 cm³/mol. The van der Waals surface area contributed by atoms with Gasteiger partial charge in [0.2, 0.25) is 0 Å². The number of aliphatic hydroxyl groups is 2. The summed E-state index contributed by atoms with van der Waals surface area (Å²) in [5, 5.41) is 24.2. The molecule has 1 aromatic heterocycles. The zero-order chi connectivity index (χ0) is 19.0. The third-order valence-corrected chi connectivity index (χ3v) is 5.61. The molecule has 1 heterocycles. The molecule has 6 heteroatoms. The van der Waals surface area contributed by atoms with Gasteiger partial charge in [-0.25, -0.2) is 4.98 Å². The summed E-state index contributed by atoms with van der Waals surface area (Å²) >= 11 is 0. The van der Waals surface area contributed by atoms with E-state index in [2.05, 4.69) is 14.9 Å². The maximum atomic E-state index is 10.5. The van der Waals surface area contributed by atoms with Crippen LogP contribution in [0.5, 0.6) is 5.75 Å². The van der Waals surface area contributed by atoms with Crippen molar-refractivity contribution >= 4 is 11.0 Å². The minimum atomic E-state index is -0.813. The smallest absolute Gasteiger partial charge is 0.123 e. The third kappa shape index (κ3) is 3.32. The van der Waals surface area contributed by atoms with E-state index in [4.69, 9.17) is 4.74 Å². The fourth-order valence-corrected chi connectivity index (χ4v) is 4.04. The second kappa shape index (κ2) is 7.31. The van der Waals surface area contributed by atoms with Crippen molar-refractivity contribution in [3.63, 3.8) is 0 Å². The third-order valence-electron chi connectivity index (χ3n) is 5.61. The second-order valence-corrected chi connectivity index (χ2v) is 7.16. The first-order chi connectivity index (χ1) is 13.1. The van der Waals surface area contributed by atoms with E-state index in [9.17, 15) is 10.2 Å². The molecule has 1 aliphatic carbocycles. The first-order valence-corrected chi connectivity index (χ1v) is 9.22. The molecule has 6 nitrogen and oxygen atoms in total. The summed E-state index contributed by atoms with van der Waals surface area (Å²) in [5.41, 5.74) is 3.11. The number of aliphatic hydroxyl groups excluding tert-OH is 2. The summed E-state index contributed by atoms with van der Waals surface area (Å²) in [6.45, 7) is 0.520. The van der Waals surface area contributed by atoms with Crippen LogP contribution in [0.1, 0.15) is 23.7 Å². The number of hydrogen-bond acceptors (Lipinski definition) is 5. The molecule has 4 atom stereocenters. The van der Waals surface area contributed by atoms with Gasteiger partial charge in [0.25, 0.3) is 0 Å². The van der Waals surface area contributed by atoms with Gasteiger partial charge in [-0.3, -0.25) is 0 Å². The Hall–Kier alpha value is -2.41. The van der Waals surface area contributed by atoms with Gasteiger partial charge in [-0.05, 0) is 36.2 Å². The molecule has 4 unspecified atom stereocenters. The maximum absolute atomic E-state index is 10.5. The number of aryl methyl sites for hydroxylation is 1. The predicted octanol–water partition coefficient (Wildman–Crippen LogP) is 1.95. The highest BCUT2D eigenvalue weighted by molar-refractivity contribution is 5.75. The molecule has 4 rings (SSSR count). The number of ether oxygens (including phenoxy) is 1. The average Bonchev–Trinajstić information content (AvgIpc) is 3.17. The van der Waals surface area contributed by atoms with Crippen molar-refractivity contribution in [2.75, 3.05) is 7.11 Å². The van der Waals surface area contributed by atoms with Gasteiger partial charge in [0.1, 0.15) is 11.6 Å². The van der Waals surface area contributed by atoms with Crippen molar-refractivity contribution in [3.05, 3.63) is 59.9 Å². The first kappa shape index (κ1) is 18.0. The number of para-hydroxylation sites is 2. The van der Waals surface area contributed by atoms with Crippen LogP contribution in [0.2, 0.25) is 0 Å². The molecule has 0 bridgehead atoms. The van der Waals surface area contributed by atoms with Crippen LogP contribution < -0.4 is 10.1 Å². The van der Waals surface area contributed by atoms with Crippen LogP contribution >= 0.6 is 0 Å². The van der Waals surface area contributed by atoms with E-state index in [1.165, 1.54) is 0 Å². The molecule has 2 aromatic carbocycles. The van der Waals surface area contributed by atoms with Crippen molar-refractivity contribution < 1.29 is 14.9 Å². The van der Waals surface area contributed by atoms with Crippen molar-refractivity contribution in [3.8, 4) is 5.75 Å². The van der Waals surface area contributed by atoms with E-state index >= 15 is 0 Å². The number of hydrogen-bond donors (Lipinski definition) is 3. The van der Waals surface area contributed by atoms with E-state index in [1.54, 1.807) is 7.11 Å². The van der Waals surface area contributed by atoms with E-state index < -0.39 is 12.2 Å². The van der Waals surface area contributed by atoms with Gasteiger partial charge in [0.05, 0.1) is 36.9 Å². The fourth-order valence-electron chi connectivity index (χ4n) is 4.04. The van der Waals surface area contributed by atoms with Gasteiger partial charge in [0, 0.05) is 19.0 Å². The summed E-state index contributed by atoms with van der Waals surface area (Å²) < 4.78 is 7.28. The molecule has 3 N–H and O–H groups in total. The standard InChI is InChI=1S/C21H25N3O3/c1-24-17-6-4-3-5-16(17)23-19(24)12-22-20-15(11-18(25)21(20)26)13-7-9-14(27-2)10-8-13/h3-10,15,18,20-22,25-26H,11-12H2,1-2H3. The molecule has 3 aromatic rings. The SMILES string of the molecule is COc1ccc(C2CC(O)C(O)C2NCc2nc3ccccc3n2C)cc1. The van der Waals surface area contributed by atoms with Crippen LogP contribution in [-0.4, -0.2) is 45.1 Å². The molecule has 1 aliphatic rings. The Labute approximate surface area is 158 Å². The van der Waals surface area contributed by atoms with E-state index in [1.807, 2.05) is 55.6 Å². The van der Waals surface area contributed by atoms with E-state index in [0.717, 1.165) is 28.2 Å². The lowest BCUT2D eigenvalue weighted by molar-refractivity contribution is 0.0296. The Bertz CT molecular complexity index is 922. The van der Waals surface area contributed by atoms with Crippen LogP contribution in [0.4, 0.5) is 0 Å². The lowest BCUT2D eigenvalue weighted by Gasteiger charge is -2.24. The van der Waals surface area contributed by atoms with Gasteiger partial charge < -0.3 is 24.8 Å². The Morgan fingerprint density at radius 2 is 1.89 bits per heavy atom. The first-order valence-electron chi connectivity index (χ1n) is 9.22. The van der Waals surface area contributed by atoms with Crippen molar-refractivity contribution in [2.45, 2.75) is 37.1 Å². The number of imidazole rings is 1. The van der Waals surface area contributed by atoms with Crippen LogP contribution in [0, 0.1) is 0 Å². The second-order valence-electron chi connectivity index (χ2n) is 7.16. The Morgan fingerprint density at radius 1 is 1.15 bits per heavy atom. The van der Waals surface area contributed by atoms with E-state index in [0.29, 0.717) is 13.0 Å². The van der Waals surface area contributed by atoms with Gasteiger partial charge in [-0.2, -0.15) is 0 Å². The minimum absolute atomic E-state index is 0.0237. The number of rotatable bonds is 5. The zero-order valence-electron chi connectivity index (χ0n) is 15.5. The molecule has 1 saturated carbocycles. The summed E-state index contributed by atoms with van der Waals surface area (Å²) in [6.07, 6.45) is -1.03. The molecule has 0 aliphatic heterocycles. The topological polar surface area (TPSA) is 79.5 Å². The molecule has 0 amide bonds. The normalized spacial score (nSPS) is 25.2. The van der Waals surface area contributed by atoms with E-state index in [-0.39, 0.29) is 12.0 Å². The molecular formula is C21H25N3O3. The number of methoxy groups -OCH3 is 1. The minimum Gasteiger partial charge on any atom is -0.497 e. The molecule has 0 radical (unpaired) electrons. The molecule has 142 valence electrons. The Kier molecular flexibility index (Phi) is 4.86. The highest BCUT2D eigenvalue weighted by atomic mass is 16.5. The van der Waals surface area contributed by atoms with Gasteiger partial charge in [-0.1, -0.05) is 24.3 Å². The quantitative estimate of drug-likeness (QED) is 0.642. The lowest BCUT2D eigenvalue weighted by atomic mass is 9.93. The summed E-state index contributed by atoms with van der Waals surface area (Å²) in [5.74, 6) is 1.72. The fraction of sp³-hybridized carbons (Fsp3) is 0.381. The number of nitrogens with one attached hydrogen (secondary N) is 1. The lowest BCUT2D eigenvalue weighted by Crippen LogP contribution is -2.42. The van der Waals surface area contributed by atoms with Gasteiger partial charge in [0.15, 0.2) is 0 Å². The largest absolute Gasteiger partial charge is 0.497 e. The number of fused-ring (bicyclic) bond motifs is 1. The number of benzene rings is 2. The highest BCUT2D eigenvalue weighted by Crippen LogP contribution is 2.36. The summed E-state index contributed by atoms with van der Waals surface area (Å²) in [6, 6.07) is 15.6. The van der Waals surface area contributed by atoms with Crippen molar-refractivity contribution in [1.82, 2.24) is 14.9 Å².